The lowest BCUT2D eigenvalue weighted by atomic mass is 9.99. The van der Waals surface area contributed by atoms with Crippen LogP contribution in [0.4, 0.5) is 17.6 Å². The fraction of sp³-hybridized carbons (Fsp3) is 0.500. The molecule has 1 rings (SSSR count). The Morgan fingerprint density at radius 3 is 2.29 bits per heavy atom. The van der Waals surface area contributed by atoms with Crippen LogP contribution in [-0.2, 0) is 11.0 Å². The molecule has 0 aromatic heterocycles. The van der Waals surface area contributed by atoms with Gasteiger partial charge in [-0.2, -0.15) is 13.2 Å². The molecule has 1 aromatic rings. The molecule has 0 heterocycles. The molecular formula is C14H17F4NO2. The van der Waals surface area contributed by atoms with E-state index in [4.69, 9.17) is 5.11 Å². The molecular weight excluding hydrogens is 290 g/mol. The molecule has 0 aliphatic heterocycles. The number of carboxylic acid groups (broad SMARTS) is 1. The van der Waals surface area contributed by atoms with E-state index in [-0.39, 0.29) is 12.0 Å². The average Bonchev–Trinajstić information content (AvgIpc) is 2.37. The van der Waals surface area contributed by atoms with Gasteiger partial charge in [-0.05, 0) is 30.8 Å². The number of carbonyl (C=O) groups is 1. The van der Waals surface area contributed by atoms with Crippen molar-refractivity contribution in [2.75, 3.05) is 13.1 Å². The molecule has 1 atom stereocenters. The van der Waals surface area contributed by atoms with E-state index in [1.807, 2.05) is 0 Å². The molecule has 0 bridgehead atoms. The summed E-state index contributed by atoms with van der Waals surface area (Å²) >= 11 is 0. The van der Waals surface area contributed by atoms with Gasteiger partial charge in [0.05, 0.1) is 12.0 Å². The first-order valence-corrected chi connectivity index (χ1v) is 6.53. The highest BCUT2D eigenvalue weighted by atomic mass is 19.4. The maximum Gasteiger partial charge on any atom is 0.419 e. The van der Waals surface area contributed by atoms with Gasteiger partial charge in [-0.3, -0.25) is 9.69 Å². The Hall–Kier alpha value is -1.63. The van der Waals surface area contributed by atoms with Crippen LogP contribution in [-0.4, -0.2) is 29.1 Å². The number of aliphatic carboxylic acids is 1. The lowest BCUT2D eigenvalue weighted by Gasteiger charge is -2.29. The first kappa shape index (κ1) is 17.4. The molecule has 0 amide bonds. The predicted molar refractivity (Wildman–Crippen MR) is 69.3 cm³/mol. The van der Waals surface area contributed by atoms with E-state index in [2.05, 4.69) is 0 Å². The second kappa shape index (κ2) is 6.89. The Morgan fingerprint density at radius 1 is 1.29 bits per heavy atom. The van der Waals surface area contributed by atoms with Gasteiger partial charge >= 0.3 is 12.1 Å². The zero-order chi connectivity index (χ0) is 16.2. The van der Waals surface area contributed by atoms with Crippen molar-refractivity contribution in [1.29, 1.82) is 0 Å². The Labute approximate surface area is 120 Å². The molecule has 0 aliphatic carbocycles. The SMILES string of the molecule is CCN(CC)C(CC(=O)O)c1ccc(F)c(C(F)(F)F)c1. The van der Waals surface area contributed by atoms with E-state index >= 15 is 0 Å². The lowest BCUT2D eigenvalue weighted by Crippen LogP contribution is -2.30. The van der Waals surface area contributed by atoms with Crippen molar-refractivity contribution in [3.05, 3.63) is 35.1 Å². The van der Waals surface area contributed by atoms with E-state index < -0.39 is 29.6 Å². The second-order valence-corrected chi connectivity index (χ2v) is 4.57. The summed E-state index contributed by atoms with van der Waals surface area (Å²) in [5, 5.41) is 8.95. The largest absolute Gasteiger partial charge is 0.481 e. The van der Waals surface area contributed by atoms with Crippen molar-refractivity contribution in [1.82, 2.24) is 4.90 Å². The predicted octanol–water partition coefficient (Wildman–Crippen LogP) is 3.70. The molecule has 1 aromatic carbocycles. The van der Waals surface area contributed by atoms with Crippen molar-refractivity contribution in [2.24, 2.45) is 0 Å². The zero-order valence-electron chi connectivity index (χ0n) is 11.7. The number of rotatable bonds is 6. The van der Waals surface area contributed by atoms with Gasteiger partial charge in [0.2, 0.25) is 0 Å². The van der Waals surface area contributed by atoms with Gasteiger partial charge in [0.15, 0.2) is 0 Å². The molecule has 118 valence electrons. The van der Waals surface area contributed by atoms with Crippen LogP contribution < -0.4 is 0 Å². The number of hydrogen-bond acceptors (Lipinski definition) is 2. The van der Waals surface area contributed by atoms with Crippen LogP contribution >= 0.6 is 0 Å². The number of nitrogens with zero attached hydrogens (tertiary/aromatic N) is 1. The summed E-state index contributed by atoms with van der Waals surface area (Å²) < 4.78 is 51.6. The minimum atomic E-state index is -4.81. The summed E-state index contributed by atoms with van der Waals surface area (Å²) in [7, 11) is 0. The molecule has 0 fully saturated rings. The molecule has 0 radical (unpaired) electrons. The Kier molecular flexibility index (Phi) is 5.71. The molecule has 0 spiro atoms. The second-order valence-electron chi connectivity index (χ2n) is 4.57. The van der Waals surface area contributed by atoms with Crippen LogP contribution in [0.5, 0.6) is 0 Å². The van der Waals surface area contributed by atoms with E-state index in [1.165, 1.54) is 6.07 Å². The van der Waals surface area contributed by atoms with E-state index in [9.17, 15) is 22.4 Å². The van der Waals surface area contributed by atoms with Crippen molar-refractivity contribution in [3.63, 3.8) is 0 Å². The summed E-state index contributed by atoms with van der Waals surface area (Å²) in [6, 6.07) is 1.91. The molecule has 0 saturated carbocycles. The van der Waals surface area contributed by atoms with E-state index in [1.54, 1.807) is 18.7 Å². The van der Waals surface area contributed by atoms with Crippen LogP contribution in [0, 0.1) is 5.82 Å². The van der Waals surface area contributed by atoms with Crippen molar-refractivity contribution in [2.45, 2.75) is 32.5 Å². The first-order valence-electron chi connectivity index (χ1n) is 6.53. The van der Waals surface area contributed by atoms with Gasteiger partial charge in [-0.25, -0.2) is 4.39 Å². The summed E-state index contributed by atoms with van der Waals surface area (Å²) in [5.74, 6) is -2.48. The van der Waals surface area contributed by atoms with Gasteiger partial charge in [-0.1, -0.05) is 19.9 Å². The quantitative estimate of drug-likeness (QED) is 0.815. The topological polar surface area (TPSA) is 40.5 Å². The minimum absolute atomic E-state index is 0.148. The zero-order valence-corrected chi connectivity index (χ0v) is 11.7. The Morgan fingerprint density at radius 2 is 1.86 bits per heavy atom. The molecule has 0 aliphatic rings. The number of alkyl halides is 3. The Bertz CT molecular complexity index is 498. The fourth-order valence-corrected chi connectivity index (χ4v) is 2.25. The molecule has 0 saturated heterocycles. The van der Waals surface area contributed by atoms with Crippen LogP contribution in [0.1, 0.15) is 37.4 Å². The van der Waals surface area contributed by atoms with Crippen molar-refractivity contribution < 1.29 is 27.5 Å². The highest BCUT2D eigenvalue weighted by Crippen LogP contribution is 2.34. The molecule has 21 heavy (non-hydrogen) atoms. The number of halogens is 4. The fourth-order valence-electron chi connectivity index (χ4n) is 2.25. The monoisotopic (exact) mass is 307 g/mol. The molecule has 3 nitrogen and oxygen atoms in total. The van der Waals surface area contributed by atoms with Gasteiger partial charge in [0, 0.05) is 6.04 Å². The Balaban J connectivity index is 3.28. The summed E-state index contributed by atoms with van der Waals surface area (Å²) in [6.07, 6.45) is -5.15. The van der Waals surface area contributed by atoms with Crippen LogP contribution in [0.3, 0.4) is 0 Å². The summed E-state index contributed by atoms with van der Waals surface area (Å²) in [4.78, 5) is 12.7. The summed E-state index contributed by atoms with van der Waals surface area (Å²) in [5.41, 5.74) is -1.22. The van der Waals surface area contributed by atoms with E-state index in [0.29, 0.717) is 19.2 Å². The standard InChI is InChI=1S/C14H17F4NO2/c1-3-19(4-2)12(8-13(20)21)9-5-6-11(15)10(7-9)14(16,17)18/h5-7,12H,3-4,8H2,1-2H3,(H,20,21). The highest BCUT2D eigenvalue weighted by molar-refractivity contribution is 5.68. The molecule has 7 heteroatoms. The number of benzene rings is 1. The molecule has 1 unspecified atom stereocenters. The van der Waals surface area contributed by atoms with Gasteiger partial charge in [0.25, 0.3) is 0 Å². The highest BCUT2D eigenvalue weighted by Gasteiger charge is 2.35. The number of hydrogen-bond donors (Lipinski definition) is 1. The third kappa shape index (κ3) is 4.42. The number of carboxylic acids is 1. The van der Waals surface area contributed by atoms with Crippen molar-refractivity contribution in [3.8, 4) is 0 Å². The minimum Gasteiger partial charge on any atom is -0.481 e. The third-order valence-electron chi connectivity index (χ3n) is 3.30. The average molecular weight is 307 g/mol. The van der Waals surface area contributed by atoms with Crippen LogP contribution in [0.2, 0.25) is 0 Å². The van der Waals surface area contributed by atoms with Crippen molar-refractivity contribution >= 4 is 5.97 Å². The first-order chi connectivity index (χ1) is 9.70. The van der Waals surface area contributed by atoms with Gasteiger partial charge in [-0.15, -0.1) is 0 Å². The van der Waals surface area contributed by atoms with Crippen LogP contribution in [0.25, 0.3) is 0 Å². The van der Waals surface area contributed by atoms with Gasteiger partial charge in [0.1, 0.15) is 5.82 Å². The third-order valence-corrected chi connectivity index (χ3v) is 3.30. The molecule has 1 N–H and O–H groups in total. The maximum atomic E-state index is 13.3. The van der Waals surface area contributed by atoms with Gasteiger partial charge < -0.3 is 5.11 Å². The summed E-state index contributed by atoms with van der Waals surface area (Å²) in [6.45, 7) is 4.53. The van der Waals surface area contributed by atoms with Crippen LogP contribution in [0.15, 0.2) is 18.2 Å². The maximum absolute atomic E-state index is 13.3. The van der Waals surface area contributed by atoms with E-state index in [0.717, 1.165) is 6.07 Å². The lowest BCUT2D eigenvalue weighted by molar-refractivity contribution is -0.140. The smallest absolute Gasteiger partial charge is 0.419 e. The normalized spacial score (nSPS) is 13.5.